The maximum atomic E-state index is 6.44. The molecule has 1 saturated carbocycles. The van der Waals surface area contributed by atoms with E-state index in [2.05, 4.69) is 42.3 Å². The third kappa shape index (κ3) is 2.75. The van der Waals surface area contributed by atoms with Gasteiger partial charge in [-0.15, -0.1) is 0 Å². The fourth-order valence-electron chi connectivity index (χ4n) is 3.24. The van der Waals surface area contributed by atoms with Crippen LogP contribution in [0.4, 0.5) is 5.69 Å². The van der Waals surface area contributed by atoms with Crippen LogP contribution in [0.2, 0.25) is 5.02 Å². The van der Waals surface area contributed by atoms with E-state index < -0.39 is 0 Å². The van der Waals surface area contributed by atoms with E-state index in [0.29, 0.717) is 0 Å². The second kappa shape index (κ2) is 4.99. The molecule has 1 atom stereocenters. The summed E-state index contributed by atoms with van der Waals surface area (Å²) in [5, 5.41) is 4.65. The molecule has 2 nitrogen and oxygen atoms in total. The topological polar surface area (TPSA) is 15.3 Å². The van der Waals surface area contributed by atoms with Crippen molar-refractivity contribution in [1.29, 1.82) is 0 Å². The quantitative estimate of drug-likeness (QED) is 0.889. The highest BCUT2D eigenvalue weighted by Gasteiger charge is 2.43. The lowest BCUT2D eigenvalue weighted by Gasteiger charge is -2.35. The Labute approximate surface area is 121 Å². The lowest BCUT2D eigenvalue weighted by molar-refractivity contribution is 0.331. The van der Waals surface area contributed by atoms with Gasteiger partial charge in [0, 0.05) is 18.6 Å². The van der Waals surface area contributed by atoms with Crippen LogP contribution in [0, 0.1) is 12.8 Å². The second-order valence-electron chi connectivity index (χ2n) is 6.35. The van der Waals surface area contributed by atoms with Crippen molar-refractivity contribution in [2.24, 2.45) is 5.92 Å². The molecular weight excluding hydrogens is 256 g/mol. The average Bonchev–Trinajstić information content (AvgIpc) is 3.16. The molecule has 0 radical (unpaired) electrons. The number of nitrogens with zero attached hydrogens (tertiary/aromatic N) is 1. The van der Waals surface area contributed by atoms with Crippen molar-refractivity contribution in [3.63, 3.8) is 0 Å². The zero-order valence-electron chi connectivity index (χ0n) is 11.9. The molecule has 2 aliphatic rings. The largest absolute Gasteiger partial charge is 0.368 e. The molecule has 1 aliphatic carbocycles. The van der Waals surface area contributed by atoms with Gasteiger partial charge in [-0.1, -0.05) is 17.7 Å². The first-order valence-corrected chi connectivity index (χ1v) is 7.72. The normalized spacial score (nSPS) is 28.3. The smallest absolute Gasteiger partial charge is 0.0642 e. The van der Waals surface area contributed by atoms with Crippen molar-refractivity contribution in [3.05, 3.63) is 28.8 Å². The van der Waals surface area contributed by atoms with Gasteiger partial charge in [0.1, 0.15) is 0 Å². The molecule has 104 valence electrons. The third-order valence-electron chi connectivity index (χ3n) is 4.58. The first kappa shape index (κ1) is 13.3. The van der Waals surface area contributed by atoms with Crippen LogP contribution in [0.3, 0.4) is 0 Å². The first-order chi connectivity index (χ1) is 9.08. The van der Waals surface area contributed by atoms with Crippen LogP contribution < -0.4 is 10.2 Å². The summed E-state index contributed by atoms with van der Waals surface area (Å²) < 4.78 is 0. The summed E-state index contributed by atoms with van der Waals surface area (Å²) in [4.78, 5) is 2.47. The van der Waals surface area contributed by atoms with Gasteiger partial charge in [-0.2, -0.15) is 0 Å². The van der Waals surface area contributed by atoms with Crippen LogP contribution in [0.15, 0.2) is 18.2 Å². The van der Waals surface area contributed by atoms with E-state index in [9.17, 15) is 0 Å². The summed E-state index contributed by atoms with van der Waals surface area (Å²) in [5.74, 6) is 0.845. The van der Waals surface area contributed by atoms with Crippen LogP contribution in [0.25, 0.3) is 0 Å². The SMILES string of the molecule is Cc1ccc(N2CCCNC(C)(C3CC3)C2)c(Cl)c1. The minimum Gasteiger partial charge on any atom is -0.368 e. The number of anilines is 1. The molecule has 1 N–H and O–H groups in total. The molecule has 1 aromatic carbocycles. The van der Waals surface area contributed by atoms with E-state index in [1.165, 1.54) is 30.5 Å². The molecule has 1 saturated heterocycles. The van der Waals surface area contributed by atoms with Crippen LogP contribution in [-0.4, -0.2) is 25.2 Å². The molecule has 0 amide bonds. The van der Waals surface area contributed by atoms with Crippen LogP contribution in [0.5, 0.6) is 0 Å². The fourth-order valence-corrected chi connectivity index (χ4v) is 3.60. The zero-order chi connectivity index (χ0) is 13.5. The molecule has 3 rings (SSSR count). The predicted octanol–water partition coefficient (Wildman–Crippen LogP) is 3.62. The molecular formula is C16H23ClN2. The standard InChI is InChI=1S/C16H23ClN2/c1-12-4-7-15(14(17)10-12)19-9-3-8-18-16(2,11-19)13-5-6-13/h4,7,10,13,18H,3,5-6,8-9,11H2,1-2H3. The van der Waals surface area contributed by atoms with Crippen molar-refractivity contribution in [2.45, 2.75) is 38.6 Å². The highest BCUT2D eigenvalue weighted by Crippen LogP contribution is 2.41. The van der Waals surface area contributed by atoms with E-state index in [-0.39, 0.29) is 5.54 Å². The maximum Gasteiger partial charge on any atom is 0.0642 e. The van der Waals surface area contributed by atoms with E-state index in [0.717, 1.165) is 30.6 Å². The summed E-state index contributed by atoms with van der Waals surface area (Å²) >= 11 is 6.44. The van der Waals surface area contributed by atoms with Crippen molar-refractivity contribution in [2.75, 3.05) is 24.5 Å². The van der Waals surface area contributed by atoms with E-state index in [1.54, 1.807) is 0 Å². The predicted molar refractivity (Wildman–Crippen MR) is 82.2 cm³/mol. The molecule has 1 aliphatic heterocycles. The number of nitrogens with one attached hydrogen (secondary N) is 1. The minimum absolute atomic E-state index is 0.255. The zero-order valence-corrected chi connectivity index (χ0v) is 12.6. The number of benzene rings is 1. The average molecular weight is 279 g/mol. The molecule has 2 fully saturated rings. The molecule has 3 heteroatoms. The van der Waals surface area contributed by atoms with E-state index in [4.69, 9.17) is 11.6 Å². The van der Waals surface area contributed by atoms with Gasteiger partial charge in [0.15, 0.2) is 0 Å². The van der Waals surface area contributed by atoms with Crippen molar-refractivity contribution >= 4 is 17.3 Å². The summed E-state index contributed by atoms with van der Waals surface area (Å²) in [6.07, 6.45) is 3.93. The highest BCUT2D eigenvalue weighted by atomic mass is 35.5. The Bertz CT molecular complexity index is 470. The Kier molecular flexibility index (Phi) is 3.48. The van der Waals surface area contributed by atoms with Gasteiger partial charge < -0.3 is 10.2 Å². The van der Waals surface area contributed by atoms with Gasteiger partial charge >= 0.3 is 0 Å². The van der Waals surface area contributed by atoms with Crippen LogP contribution in [0.1, 0.15) is 31.7 Å². The Hall–Kier alpha value is -0.730. The lowest BCUT2D eigenvalue weighted by Crippen LogP contribution is -2.51. The van der Waals surface area contributed by atoms with Gasteiger partial charge in [-0.3, -0.25) is 0 Å². The van der Waals surface area contributed by atoms with Gasteiger partial charge in [0.05, 0.1) is 10.7 Å². The Balaban J connectivity index is 1.86. The Morgan fingerprint density at radius 2 is 2.16 bits per heavy atom. The lowest BCUT2D eigenvalue weighted by atomic mass is 9.95. The number of rotatable bonds is 2. The van der Waals surface area contributed by atoms with E-state index in [1.807, 2.05) is 0 Å². The summed E-state index contributed by atoms with van der Waals surface area (Å²) in [6, 6.07) is 6.41. The van der Waals surface area contributed by atoms with E-state index >= 15 is 0 Å². The monoisotopic (exact) mass is 278 g/mol. The number of aryl methyl sites for hydroxylation is 1. The van der Waals surface area contributed by atoms with Crippen LogP contribution in [-0.2, 0) is 0 Å². The first-order valence-electron chi connectivity index (χ1n) is 7.35. The molecule has 0 aromatic heterocycles. The molecule has 19 heavy (non-hydrogen) atoms. The number of hydrogen-bond acceptors (Lipinski definition) is 2. The van der Waals surface area contributed by atoms with Crippen molar-refractivity contribution in [3.8, 4) is 0 Å². The third-order valence-corrected chi connectivity index (χ3v) is 4.88. The Morgan fingerprint density at radius 3 is 2.84 bits per heavy atom. The van der Waals surface area contributed by atoms with Crippen LogP contribution >= 0.6 is 11.6 Å². The summed E-state index contributed by atoms with van der Waals surface area (Å²) in [7, 11) is 0. The second-order valence-corrected chi connectivity index (χ2v) is 6.76. The highest BCUT2D eigenvalue weighted by molar-refractivity contribution is 6.33. The van der Waals surface area contributed by atoms with Gasteiger partial charge in [0.2, 0.25) is 0 Å². The summed E-state index contributed by atoms with van der Waals surface area (Å²) in [5.41, 5.74) is 2.68. The molecule has 0 spiro atoms. The minimum atomic E-state index is 0.255. The number of halogens is 1. The van der Waals surface area contributed by atoms with Gasteiger partial charge in [-0.05, 0) is 63.3 Å². The summed E-state index contributed by atoms with van der Waals surface area (Å²) in [6.45, 7) is 7.75. The fraction of sp³-hybridized carbons (Fsp3) is 0.625. The Morgan fingerprint density at radius 1 is 1.37 bits per heavy atom. The number of hydrogen-bond donors (Lipinski definition) is 1. The molecule has 1 aromatic rings. The molecule has 1 heterocycles. The molecule has 1 unspecified atom stereocenters. The van der Waals surface area contributed by atoms with Gasteiger partial charge in [-0.25, -0.2) is 0 Å². The van der Waals surface area contributed by atoms with Crippen molar-refractivity contribution in [1.82, 2.24) is 5.32 Å². The van der Waals surface area contributed by atoms with Crippen molar-refractivity contribution < 1.29 is 0 Å². The maximum absolute atomic E-state index is 6.44. The van der Waals surface area contributed by atoms with Gasteiger partial charge in [0.25, 0.3) is 0 Å². The molecule has 0 bridgehead atoms.